The lowest BCUT2D eigenvalue weighted by Gasteiger charge is -2.17. The molecule has 83 heavy (non-hydrogen) atoms. The molecule has 426 valence electrons. The van der Waals surface area contributed by atoms with Gasteiger partial charge in [-0.3, -0.25) is 0 Å². The second-order valence-electron chi connectivity index (χ2n) is 20.4. The van der Waals surface area contributed by atoms with Crippen LogP contribution in [0.15, 0.2) is 159 Å². The summed E-state index contributed by atoms with van der Waals surface area (Å²) in [5.41, 5.74) is 16.3. The van der Waals surface area contributed by atoms with Gasteiger partial charge in [0.05, 0.1) is 64.8 Å². The molecule has 0 bridgehead atoms. The fraction of sp³-hybridized carbons (Fsp3) is 0.203. The fourth-order valence-corrected chi connectivity index (χ4v) is 13.2. The molecule has 0 amide bonds. The normalized spacial score (nSPS) is 12.5. The number of allylic oxidation sites excluding steroid dienone is 1. The van der Waals surface area contributed by atoms with E-state index in [1.165, 1.54) is 72.6 Å². The summed E-state index contributed by atoms with van der Waals surface area (Å²) in [5.74, 6) is 3.69. The Labute approximate surface area is 482 Å². The number of hydrogen-bond acceptors (Lipinski definition) is 13. The van der Waals surface area contributed by atoms with Gasteiger partial charge in [0, 0.05) is 55.7 Å². The number of methoxy groups -OCH3 is 2. The number of rotatable bonds is 12. The van der Waals surface area contributed by atoms with Gasteiger partial charge in [-0.1, -0.05) is 113 Å². The maximum Gasteiger partial charge on any atom is 0.308 e. The first-order valence-electron chi connectivity index (χ1n) is 26.5. The summed E-state index contributed by atoms with van der Waals surface area (Å²) in [6, 6.07) is 45.9. The molecular formula is C64H63N7O10S2. The maximum absolute atomic E-state index is 13.4. The van der Waals surface area contributed by atoms with Gasteiger partial charge >= 0.3 is 20.4 Å². The highest BCUT2D eigenvalue weighted by atomic mass is 32.2. The number of aromatic nitrogens is 5. The highest BCUT2D eigenvalue weighted by Crippen LogP contribution is 2.47. The lowest BCUT2D eigenvalue weighted by Crippen LogP contribution is -2.29. The summed E-state index contributed by atoms with van der Waals surface area (Å²) < 4.78 is 85.6. The van der Waals surface area contributed by atoms with Crippen LogP contribution in [0.3, 0.4) is 0 Å². The number of aromatic hydroxyl groups is 1. The van der Waals surface area contributed by atoms with E-state index in [4.69, 9.17) is 23.0 Å². The first-order valence-corrected chi connectivity index (χ1v) is 29.3. The van der Waals surface area contributed by atoms with E-state index in [1.807, 2.05) is 99.6 Å². The Balaban J connectivity index is 0.000000140. The van der Waals surface area contributed by atoms with Crippen molar-refractivity contribution in [1.82, 2.24) is 32.0 Å². The number of nitrogens with zero attached hydrogens (tertiary/aromatic N) is 7. The van der Waals surface area contributed by atoms with Crippen LogP contribution in [-0.2, 0) is 26.8 Å². The minimum Gasteiger partial charge on any atom is -0.508 e. The largest absolute Gasteiger partial charge is 0.508 e. The molecule has 12 rings (SSSR count). The number of phenols is 1. The van der Waals surface area contributed by atoms with Crippen LogP contribution in [0.2, 0.25) is 0 Å². The van der Waals surface area contributed by atoms with Crippen molar-refractivity contribution in [3.05, 3.63) is 202 Å². The zero-order chi connectivity index (χ0) is 59.2. The number of ether oxygens (including phenoxy) is 2. The molecule has 1 N–H and O–H groups in total. The van der Waals surface area contributed by atoms with Crippen LogP contribution in [0.1, 0.15) is 56.6 Å². The highest BCUT2D eigenvalue weighted by molar-refractivity contribution is 7.88. The maximum atomic E-state index is 13.4. The highest BCUT2D eigenvalue weighted by Gasteiger charge is 2.34. The monoisotopic (exact) mass is 1150 g/mol. The molecule has 19 heteroatoms. The van der Waals surface area contributed by atoms with Gasteiger partial charge in [0.15, 0.2) is 0 Å². The zero-order valence-corrected chi connectivity index (χ0v) is 49.8. The number of fused-ring (bicyclic) bond motifs is 3. The molecule has 0 aliphatic heterocycles. The van der Waals surface area contributed by atoms with E-state index in [9.17, 15) is 21.9 Å². The van der Waals surface area contributed by atoms with Gasteiger partial charge in [0.2, 0.25) is 0 Å². The summed E-state index contributed by atoms with van der Waals surface area (Å²) in [5, 5.41) is 23.6. The van der Waals surface area contributed by atoms with Gasteiger partial charge in [0.1, 0.15) is 34.5 Å². The average Bonchev–Trinajstić information content (AvgIpc) is 3.05. The Morgan fingerprint density at radius 1 is 0.470 bits per heavy atom. The van der Waals surface area contributed by atoms with Gasteiger partial charge in [-0.15, -0.1) is 0 Å². The number of aryl methyl sites for hydroxylation is 6. The number of hydrogen-bond donors (Lipinski definition) is 1. The molecular weight excluding hydrogens is 1090 g/mol. The summed E-state index contributed by atoms with van der Waals surface area (Å²) in [6.45, 7) is 11.1. The van der Waals surface area contributed by atoms with Gasteiger partial charge in [-0.05, 0) is 135 Å². The van der Waals surface area contributed by atoms with Crippen LogP contribution < -0.4 is 9.47 Å². The number of benzene rings is 6. The molecule has 0 unspecified atom stereocenters. The predicted molar refractivity (Wildman–Crippen MR) is 324 cm³/mol. The average molecular weight is 1150 g/mol. The molecule has 1 aliphatic rings. The van der Waals surface area contributed by atoms with Gasteiger partial charge in [-0.25, -0.2) is 7.94 Å². The third-order valence-corrected chi connectivity index (χ3v) is 18.3. The van der Waals surface area contributed by atoms with Crippen LogP contribution in [0.5, 0.6) is 17.2 Å². The van der Waals surface area contributed by atoms with Crippen LogP contribution >= 0.6 is 0 Å². The number of para-hydroxylation sites is 2. The van der Waals surface area contributed by atoms with Crippen molar-refractivity contribution in [3.63, 3.8) is 0 Å². The molecule has 11 aromatic rings. The van der Waals surface area contributed by atoms with E-state index < -0.39 is 20.4 Å². The minimum atomic E-state index is -3.86. The second-order valence-corrected chi connectivity index (χ2v) is 24.4. The SMILES string of the molecule is COc1ccc(-c2c(-c3c(C)noc3C)n(S(=O)(=O)N(C)C)c3ccccc23)cc1.COc1ccc(C2=C(c3c(C)noc3C)Cc3ccccc32)cc1.Cc1noc(C)c1-c1c(-c2ccc(O)cc2)c2ccccc2n1S(=O)(=O)N(C)C. The van der Waals surface area contributed by atoms with Crippen LogP contribution in [0.4, 0.5) is 0 Å². The minimum absolute atomic E-state index is 0.136. The van der Waals surface area contributed by atoms with Crippen LogP contribution in [0, 0.1) is 41.5 Å². The molecule has 0 radical (unpaired) electrons. The van der Waals surface area contributed by atoms with E-state index >= 15 is 0 Å². The molecule has 6 aromatic carbocycles. The molecule has 0 spiro atoms. The van der Waals surface area contributed by atoms with E-state index in [1.54, 1.807) is 65.3 Å². The van der Waals surface area contributed by atoms with Crippen LogP contribution in [-0.4, -0.2) is 96.4 Å². The Bertz CT molecular complexity index is 4430. The first-order chi connectivity index (χ1) is 39.7. The van der Waals surface area contributed by atoms with Crippen molar-refractivity contribution in [2.75, 3.05) is 42.4 Å². The molecule has 0 fully saturated rings. The Morgan fingerprint density at radius 3 is 1.24 bits per heavy atom. The summed E-state index contributed by atoms with van der Waals surface area (Å²) in [7, 11) is 1.65. The molecule has 5 aromatic heterocycles. The Hall–Kier alpha value is -9.01. The molecule has 1 aliphatic carbocycles. The third kappa shape index (κ3) is 10.3. The molecule has 0 atom stereocenters. The van der Waals surface area contributed by atoms with Gasteiger partial charge < -0.3 is 28.1 Å². The van der Waals surface area contributed by atoms with E-state index in [0.29, 0.717) is 56.5 Å². The zero-order valence-electron chi connectivity index (χ0n) is 48.1. The molecule has 0 saturated carbocycles. The Kier molecular flexibility index (Phi) is 15.7. The Morgan fingerprint density at radius 2 is 0.843 bits per heavy atom. The molecule has 17 nitrogen and oxygen atoms in total. The number of phenolic OH excluding ortho intramolecular Hbond substituents is 1. The van der Waals surface area contributed by atoms with E-state index in [-0.39, 0.29) is 5.75 Å². The van der Waals surface area contributed by atoms with Crippen molar-refractivity contribution in [2.45, 2.75) is 48.0 Å². The third-order valence-electron chi connectivity index (χ3n) is 14.8. The molecule has 0 saturated heterocycles. The first kappa shape index (κ1) is 57.2. The van der Waals surface area contributed by atoms with Crippen LogP contribution in [0.25, 0.3) is 77.7 Å². The topological polar surface area (TPSA) is 201 Å². The molecule has 5 heterocycles. The summed E-state index contributed by atoms with van der Waals surface area (Å²) in [6.07, 6.45) is 0.903. The lowest BCUT2D eigenvalue weighted by molar-refractivity contribution is 0.393. The van der Waals surface area contributed by atoms with Crippen molar-refractivity contribution in [3.8, 4) is 62.0 Å². The summed E-state index contributed by atoms with van der Waals surface area (Å²) >= 11 is 0. The van der Waals surface area contributed by atoms with Crippen molar-refractivity contribution in [1.29, 1.82) is 0 Å². The van der Waals surface area contributed by atoms with E-state index in [0.717, 1.165) is 68.0 Å². The quantitative estimate of drug-likeness (QED) is 0.121. The summed E-state index contributed by atoms with van der Waals surface area (Å²) in [4.78, 5) is 0. The smallest absolute Gasteiger partial charge is 0.308 e. The standard InChI is InChI=1S/C22H23N3O4S.C21H21N3O4S.C21H19NO2/c1-14-20(15(2)29-23-14)22-21(16-10-12-17(28-5)13-11-16)18-8-6-7-9-19(18)25(22)30(26,27)24(3)4;1-13-19(14(2)28-22-13)21-20(15-9-11-16(25)12-10-15)17-7-5-6-8-18(17)24(21)29(26,27)23(3)4;1-13-20(14(2)24-22-13)19-12-16-6-4-5-7-18(16)21(19)15-8-10-17(23-3)11-9-15/h6-13H,1-5H3;5-12,25H,1-4H3;4-11H,12H2,1-3H3. The van der Waals surface area contributed by atoms with Crippen molar-refractivity contribution < 1.29 is 45.0 Å². The van der Waals surface area contributed by atoms with Gasteiger partial charge in [-0.2, -0.15) is 25.4 Å². The van der Waals surface area contributed by atoms with Gasteiger partial charge in [0.25, 0.3) is 0 Å². The van der Waals surface area contributed by atoms with Crippen molar-refractivity contribution >= 4 is 53.4 Å². The van der Waals surface area contributed by atoms with E-state index in [2.05, 4.69) is 51.9 Å². The lowest BCUT2D eigenvalue weighted by atomic mass is 9.93. The second kappa shape index (κ2) is 22.7. The predicted octanol–water partition coefficient (Wildman–Crippen LogP) is 13.0. The fourth-order valence-electron chi connectivity index (χ4n) is 10.9. The van der Waals surface area contributed by atoms with Crippen molar-refractivity contribution in [2.24, 2.45) is 0 Å².